The van der Waals surface area contributed by atoms with Crippen LogP contribution in [0.5, 0.6) is 5.75 Å². The molecular weight excluding hydrogens is 271 g/mol. The number of methoxy groups -OCH3 is 1. The van der Waals surface area contributed by atoms with Gasteiger partial charge in [-0.25, -0.2) is 0 Å². The van der Waals surface area contributed by atoms with Crippen molar-refractivity contribution in [3.63, 3.8) is 0 Å². The van der Waals surface area contributed by atoms with Crippen molar-refractivity contribution in [2.24, 2.45) is 5.73 Å². The molecule has 18 heavy (non-hydrogen) atoms. The number of rotatable bonds is 4. The van der Waals surface area contributed by atoms with Crippen LogP contribution in [0.15, 0.2) is 24.3 Å². The Morgan fingerprint density at radius 2 is 1.78 bits per heavy atom. The molecule has 0 aromatic heterocycles. The van der Waals surface area contributed by atoms with E-state index in [1.54, 1.807) is 12.1 Å². The van der Waals surface area contributed by atoms with Crippen molar-refractivity contribution in [2.45, 2.75) is 24.7 Å². The summed E-state index contributed by atoms with van der Waals surface area (Å²) < 4.78 is 41.5. The van der Waals surface area contributed by atoms with Crippen molar-refractivity contribution in [3.8, 4) is 5.75 Å². The molecule has 0 fully saturated rings. The lowest BCUT2D eigenvalue weighted by Crippen LogP contribution is -2.38. The van der Waals surface area contributed by atoms with Crippen LogP contribution in [0, 0.1) is 0 Å². The average molecular weight is 286 g/mol. The molecule has 1 rings (SSSR count). The van der Waals surface area contributed by atoms with Gasteiger partial charge >= 0.3 is 6.18 Å². The fraction of sp³-hybridized carbons (Fsp3) is 0.455. The number of hydrogen-bond donors (Lipinski definition) is 2. The third-order valence-corrected chi connectivity index (χ3v) is 2.40. The van der Waals surface area contributed by atoms with E-state index in [2.05, 4.69) is 0 Å². The lowest BCUT2D eigenvalue weighted by molar-refractivity contribution is -0.153. The smallest absolute Gasteiger partial charge is 0.403 e. The third kappa shape index (κ3) is 4.72. The van der Waals surface area contributed by atoms with E-state index in [0.717, 1.165) is 0 Å². The monoisotopic (exact) mass is 285 g/mol. The van der Waals surface area contributed by atoms with Gasteiger partial charge in [0.1, 0.15) is 11.8 Å². The number of halogens is 4. The topological polar surface area (TPSA) is 55.5 Å². The van der Waals surface area contributed by atoms with Crippen LogP contribution < -0.4 is 10.5 Å². The normalized spacial score (nSPS) is 14.6. The summed E-state index contributed by atoms with van der Waals surface area (Å²) in [5.41, 5.74) is 5.32. The maximum atomic E-state index is 12.2. The van der Waals surface area contributed by atoms with E-state index in [0.29, 0.717) is 11.3 Å². The Morgan fingerprint density at radius 3 is 2.17 bits per heavy atom. The minimum absolute atomic E-state index is 0. The number of benzene rings is 1. The van der Waals surface area contributed by atoms with E-state index in [1.807, 2.05) is 0 Å². The Bertz CT molecular complexity index is 356. The Balaban J connectivity index is 0.00000289. The molecule has 3 nitrogen and oxygen atoms in total. The highest BCUT2D eigenvalue weighted by Crippen LogP contribution is 2.27. The van der Waals surface area contributed by atoms with Gasteiger partial charge in [-0.1, -0.05) is 12.1 Å². The number of nitrogens with two attached hydrogens (primary N) is 1. The molecule has 0 saturated carbocycles. The molecule has 1 aromatic rings. The molecule has 0 bridgehead atoms. The van der Waals surface area contributed by atoms with Crippen LogP contribution in [-0.4, -0.2) is 24.4 Å². The third-order valence-electron chi connectivity index (χ3n) is 2.40. The molecule has 0 unspecified atom stereocenters. The molecule has 0 aliphatic rings. The van der Waals surface area contributed by atoms with Crippen LogP contribution in [0.25, 0.3) is 0 Å². The van der Waals surface area contributed by atoms with Gasteiger partial charge < -0.3 is 15.6 Å². The van der Waals surface area contributed by atoms with Gasteiger partial charge in [0.2, 0.25) is 0 Å². The minimum atomic E-state index is -4.49. The molecule has 0 heterocycles. The first kappa shape index (κ1) is 17.0. The summed E-state index contributed by atoms with van der Waals surface area (Å²) in [7, 11) is 1.48. The van der Waals surface area contributed by atoms with Gasteiger partial charge in [0.05, 0.1) is 13.2 Å². The van der Waals surface area contributed by atoms with Crippen molar-refractivity contribution in [1.29, 1.82) is 0 Å². The fourth-order valence-electron chi connectivity index (χ4n) is 1.34. The number of aliphatic hydroxyl groups excluding tert-OH is 1. The highest BCUT2D eigenvalue weighted by atomic mass is 35.5. The number of aliphatic hydroxyl groups is 1. The predicted octanol–water partition coefficient (Wildman–Crippen LogP) is 2.43. The Morgan fingerprint density at radius 1 is 1.28 bits per heavy atom. The first-order chi connectivity index (χ1) is 7.84. The number of hydrogen-bond acceptors (Lipinski definition) is 3. The van der Waals surface area contributed by atoms with Crippen molar-refractivity contribution in [1.82, 2.24) is 0 Å². The van der Waals surface area contributed by atoms with Crippen LogP contribution in [0.2, 0.25) is 0 Å². The van der Waals surface area contributed by atoms with Crippen LogP contribution >= 0.6 is 12.4 Å². The Labute approximate surface area is 109 Å². The number of alkyl halides is 3. The highest BCUT2D eigenvalue weighted by molar-refractivity contribution is 5.85. The summed E-state index contributed by atoms with van der Waals surface area (Å²) in [6, 6.07) is 4.12. The van der Waals surface area contributed by atoms with Gasteiger partial charge in [-0.15, -0.1) is 12.4 Å². The second-order valence-electron chi connectivity index (χ2n) is 3.67. The molecule has 0 amide bonds. The summed E-state index contributed by atoms with van der Waals surface area (Å²) in [6.07, 6.45) is -6.29. The zero-order valence-corrected chi connectivity index (χ0v) is 10.5. The van der Waals surface area contributed by atoms with Crippen LogP contribution in [0.3, 0.4) is 0 Å². The SMILES string of the molecule is COc1ccc([C@H](O)C[C@@H](N)C(F)(F)F)cc1.Cl. The highest BCUT2D eigenvalue weighted by Gasteiger charge is 2.37. The van der Waals surface area contributed by atoms with Crippen LogP contribution in [0.4, 0.5) is 13.2 Å². The second kappa shape index (κ2) is 6.82. The van der Waals surface area contributed by atoms with E-state index in [-0.39, 0.29) is 12.4 Å². The molecule has 0 radical (unpaired) electrons. The van der Waals surface area contributed by atoms with Gasteiger partial charge in [-0.05, 0) is 17.7 Å². The van der Waals surface area contributed by atoms with E-state index >= 15 is 0 Å². The maximum absolute atomic E-state index is 12.2. The fourth-order valence-corrected chi connectivity index (χ4v) is 1.34. The van der Waals surface area contributed by atoms with Gasteiger partial charge in [0.15, 0.2) is 0 Å². The Kier molecular flexibility index (Phi) is 6.45. The minimum Gasteiger partial charge on any atom is -0.497 e. The average Bonchev–Trinajstić information content (AvgIpc) is 2.27. The Hall–Kier alpha value is -0.980. The van der Waals surface area contributed by atoms with Gasteiger partial charge in [0, 0.05) is 6.42 Å². The summed E-state index contributed by atoms with van der Waals surface area (Å²) in [6.45, 7) is 0. The maximum Gasteiger partial charge on any atom is 0.403 e. The standard InChI is InChI=1S/C11H14F3NO2.ClH/c1-17-8-4-2-7(3-5-8)9(16)6-10(15)11(12,13)14;/h2-5,9-10,16H,6,15H2,1H3;1H/t9-,10-;/m1./s1. The van der Waals surface area contributed by atoms with E-state index in [9.17, 15) is 18.3 Å². The summed E-state index contributed by atoms with van der Waals surface area (Å²) in [5, 5.41) is 9.60. The molecule has 3 N–H and O–H groups in total. The molecule has 0 aliphatic heterocycles. The van der Waals surface area contributed by atoms with Crippen LogP contribution in [-0.2, 0) is 0 Å². The molecular formula is C11H15ClF3NO2. The van der Waals surface area contributed by atoms with Gasteiger partial charge in [0.25, 0.3) is 0 Å². The zero-order valence-electron chi connectivity index (χ0n) is 9.65. The predicted molar refractivity (Wildman–Crippen MR) is 63.8 cm³/mol. The summed E-state index contributed by atoms with van der Waals surface area (Å²) in [4.78, 5) is 0. The van der Waals surface area contributed by atoms with Crippen LogP contribution in [0.1, 0.15) is 18.1 Å². The first-order valence-corrected chi connectivity index (χ1v) is 4.99. The van der Waals surface area contributed by atoms with Crippen molar-refractivity contribution < 1.29 is 23.0 Å². The molecule has 1 aromatic carbocycles. The van der Waals surface area contributed by atoms with E-state index < -0.39 is 24.7 Å². The van der Waals surface area contributed by atoms with Gasteiger partial charge in [-0.2, -0.15) is 13.2 Å². The van der Waals surface area contributed by atoms with Crippen molar-refractivity contribution in [3.05, 3.63) is 29.8 Å². The van der Waals surface area contributed by atoms with Gasteiger partial charge in [-0.3, -0.25) is 0 Å². The molecule has 7 heteroatoms. The molecule has 0 aliphatic carbocycles. The lowest BCUT2D eigenvalue weighted by Gasteiger charge is -2.19. The van der Waals surface area contributed by atoms with E-state index in [4.69, 9.17) is 10.5 Å². The van der Waals surface area contributed by atoms with E-state index in [1.165, 1.54) is 19.2 Å². The summed E-state index contributed by atoms with van der Waals surface area (Å²) in [5.74, 6) is 0.570. The number of ether oxygens (including phenoxy) is 1. The first-order valence-electron chi connectivity index (χ1n) is 4.99. The second-order valence-corrected chi connectivity index (χ2v) is 3.67. The largest absolute Gasteiger partial charge is 0.497 e. The van der Waals surface area contributed by atoms with Crippen molar-refractivity contribution >= 4 is 12.4 Å². The molecule has 104 valence electrons. The lowest BCUT2D eigenvalue weighted by atomic mass is 10.0. The zero-order chi connectivity index (χ0) is 13.1. The quantitative estimate of drug-likeness (QED) is 0.893. The molecule has 2 atom stereocenters. The molecule has 0 spiro atoms. The van der Waals surface area contributed by atoms with Crippen molar-refractivity contribution in [2.75, 3.05) is 7.11 Å². The summed E-state index contributed by atoms with van der Waals surface area (Å²) >= 11 is 0. The molecule has 0 saturated heterocycles.